The first kappa shape index (κ1) is 25.9. The summed E-state index contributed by atoms with van der Waals surface area (Å²) in [7, 11) is 0. The molecular weight excluding hydrogens is 514 g/mol. The van der Waals surface area contributed by atoms with Crippen molar-refractivity contribution >= 4 is 52.5 Å². The summed E-state index contributed by atoms with van der Waals surface area (Å²) in [5.74, 6) is -1.45. The van der Waals surface area contributed by atoms with Gasteiger partial charge in [0.1, 0.15) is 11.8 Å². The van der Waals surface area contributed by atoms with E-state index >= 15 is 0 Å². The number of para-hydroxylation sites is 1. The Morgan fingerprint density at radius 1 is 1.14 bits per heavy atom. The van der Waals surface area contributed by atoms with Gasteiger partial charge in [-0.05, 0) is 63.1 Å². The smallest absolute Gasteiger partial charge is 0.248 e. The molecule has 3 aliphatic rings. The van der Waals surface area contributed by atoms with Gasteiger partial charge in [-0.3, -0.25) is 14.4 Å². The van der Waals surface area contributed by atoms with E-state index in [1.807, 2.05) is 13.8 Å². The monoisotopic (exact) mass is 543 g/mol. The van der Waals surface area contributed by atoms with Gasteiger partial charge < -0.3 is 25.4 Å². The van der Waals surface area contributed by atoms with E-state index in [1.165, 1.54) is 4.90 Å². The molecule has 2 aromatic carbocycles. The zero-order valence-corrected chi connectivity index (χ0v) is 22.3. The van der Waals surface area contributed by atoms with E-state index in [0.717, 1.165) is 0 Å². The van der Waals surface area contributed by atoms with Crippen LogP contribution in [0, 0.1) is 11.8 Å². The van der Waals surface area contributed by atoms with Crippen LogP contribution in [0.25, 0.3) is 0 Å². The van der Waals surface area contributed by atoms with E-state index < -0.39 is 27.4 Å². The minimum atomic E-state index is -0.830. The molecule has 0 aliphatic carbocycles. The second kappa shape index (κ2) is 9.85. The average molecular weight is 544 g/mol. The summed E-state index contributed by atoms with van der Waals surface area (Å²) in [6, 6.07) is 13.2. The maximum Gasteiger partial charge on any atom is 0.248 e. The number of thioether (sulfide) groups is 1. The number of carbonyl (C=O) groups excluding carboxylic acids is 3. The predicted octanol–water partition coefficient (Wildman–Crippen LogP) is 3.79. The molecular formula is C27H30ClN3O5S. The summed E-state index contributed by atoms with van der Waals surface area (Å²) < 4.78 is 4.21. The molecule has 2 aromatic rings. The number of ether oxygens (including phenoxy) is 1. The van der Waals surface area contributed by atoms with Crippen molar-refractivity contribution in [1.29, 1.82) is 0 Å². The Kier molecular flexibility index (Phi) is 6.89. The van der Waals surface area contributed by atoms with Crippen LogP contribution in [0.3, 0.4) is 0 Å². The molecule has 2 bridgehead atoms. The molecule has 2 unspecified atom stereocenters. The summed E-state index contributed by atoms with van der Waals surface area (Å²) in [4.78, 5) is 42.7. The highest BCUT2D eigenvalue weighted by Crippen LogP contribution is 2.71. The van der Waals surface area contributed by atoms with Crippen molar-refractivity contribution in [2.75, 3.05) is 30.4 Å². The minimum Gasteiger partial charge on any atom is -0.494 e. The number of halogens is 1. The zero-order valence-electron chi connectivity index (χ0n) is 20.7. The van der Waals surface area contributed by atoms with Gasteiger partial charge >= 0.3 is 0 Å². The molecule has 5 atom stereocenters. The van der Waals surface area contributed by atoms with Crippen molar-refractivity contribution in [1.82, 2.24) is 4.90 Å². The third-order valence-corrected chi connectivity index (χ3v) is 10.0. The van der Waals surface area contributed by atoms with Crippen LogP contribution in [0.15, 0.2) is 48.5 Å². The molecule has 3 amide bonds. The Balaban J connectivity index is 1.45. The van der Waals surface area contributed by atoms with Crippen LogP contribution in [-0.2, 0) is 14.4 Å². The average Bonchev–Trinajstić information content (AvgIpc) is 3.43. The van der Waals surface area contributed by atoms with Gasteiger partial charge in [-0.15, -0.1) is 11.8 Å². The fraction of sp³-hybridized carbons (Fsp3) is 0.444. The Bertz CT molecular complexity index is 1230. The van der Waals surface area contributed by atoms with Gasteiger partial charge in [-0.1, -0.05) is 23.7 Å². The molecule has 3 heterocycles. The normalized spacial score (nSPS) is 29.8. The number of hydrogen-bond acceptors (Lipinski definition) is 6. The molecule has 3 saturated heterocycles. The van der Waals surface area contributed by atoms with Crippen molar-refractivity contribution in [3.63, 3.8) is 0 Å². The lowest BCUT2D eigenvalue weighted by Gasteiger charge is -2.34. The number of nitrogens with one attached hydrogen (secondary N) is 2. The van der Waals surface area contributed by atoms with Crippen molar-refractivity contribution in [2.45, 2.75) is 42.2 Å². The second-order valence-electron chi connectivity index (χ2n) is 9.90. The topological polar surface area (TPSA) is 108 Å². The summed E-state index contributed by atoms with van der Waals surface area (Å²) in [6.07, 6.45) is 1.32. The maximum absolute atomic E-state index is 13.8. The molecule has 196 valence electrons. The molecule has 3 aliphatic heterocycles. The maximum atomic E-state index is 13.8. The molecule has 0 saturated carbocycles. The molecule has 3 fully saturated rings. The van der Waals surface area contributed by atoms with Gasteiger partial charge in [-0.2, -0.15) is 0 Å². The van der Waals surface area contributed by atoms with Gasteiger partial charge in [0.2, 0.25) is 17.7 Å². The Morgan fingerprint density at radius 3 is 2.54 bits per heavy atom. The molecule has 10 heteroatoms. The van der Waals surface area contributed by atoms with Crippen LogP contribution in [0.2, 0.25) is 5.02 Å². The van der Waals surface area contributed by atoms with Crippen LogP contribution in [-0.4, -0.2) is 63.0 Å². The van der Waals surface area contributed by atoms with Gasteiger partial charge in [0.15, 0.2) is 0 Å². The van der Waals surface area contributed by atoms with E-state index in [4.69, 9.17) is 16.3 Å². The Labute approximate surface area is 225 Å². The van der Waals surface area contributed by atoms with Gasteiger partial charge in [0.25, 0.3) is 0 Å². The van der Waals surface area contributed by atoms with Crippen molar-refractivity contribution in [3.8, 4) is 5.75 Å². The quantitative estimate of drug-likeness (QED) is 0.467. The third-order valence-electron chi connectivity index (χ3n) is 7.71. The summed E-state index contributed by atoms with van der Waals surface area (Å²) in [6.45, 7) is 4.20. The van der Waals surface area contributed by atoms with Crippen molar-refractivity contribution < 1.29 is 24.2 Å². The van der Waals surface area contributed by atoms with E-state index in [0.29, 0.717) is 41.6 Å². The van der Waals surface area contributed by atoms with Crippen LogP contribution in [0.5, 0.6) is 5.75 Å². The molecule has 37 heavy (non-hydrogen) atoms. The molecule has 8 nitrogen and oxygen atoms in total. The summed E-state index contributed by atoms with van der Waals surface area (Å²) >= 11 is 7.85. The lowest BCUT2D eigenvalue weighted by molar-refractivity contribution is -0.139. The van der Waals surface area contributed by atoms with Crippen LogP contribution in [0.1, 0.15) is 26.7 Å². The number of carbonyl (C=O) groups is 3. The van der Waals surface area contributed by atoms with Crippen LogP contribution in [0.4, 0.5) is 11.4 Å². The number of rotatable bonds is 8. The summed E-state index contributed by atoms with van der Waals surface area (Å²) in [5.41, 5.74) is 1.07. The number of aliphatic hydroxyl groups excluding tert-OH is 1. The number of fused-ring (bicyclic) bond motifs is 1. The number of likely N-dealkylation sites (tertiary alicyclic amines) is 1. The highest BCUT2D eigenvalue weighted by molar-refractivity contribution is 8.02. The van der Waals surface area contributed by atoms with Crippen molar-refractivity contribution in [2.24, 2.45) is 11.8 Å². The molecule has 0 radical (unpaired) electrons. The minimum absolute atomic E-state index is 0.0161. The van der Waals surface area contributed by atoms with Crippen LogP contribution >= 0.6 is 23.4 Å². The molecule has 0 aromatic heterocycles. The van der Waals surface area contributed by atoms with Crippen molar-refractivity contribution in [3.05, 3.63) is 53.6 Å². The Hall–Kier alpha value is -2.75. The Morgan fingerprint density at radius 2 is 1.86 bits per heavy atom. The highest BCUT2D eigenvalue weighted by Gasteiger charge is 2.77. The number of β-amino-alcohol motifs (C(OH)–C–C–N with tert-alkyl or cyclic N) is 1. The van der Waals surface area contributed by atoms with E-state index in [1.54, 1.807) is 60.3 Å². The van der Waals surface area contributed by atoms with E-state index in [2.05, 4.69) is 10.6 Å². The molecule has 1 spiro atoms. The van der Waals surface area contributed by atoms with Crippen LogP contribution < -0.4 is 15.4 Å². The number of amides is 3. The van der Waals surface area contributed by atoms with E-state index in [9.17, 15) is 19.5 Å². The number of nitrogens with zero attached hydrogens (tertiary/aromatic N) is 1. The third kappa shape index (κ3) is 4.27. The first-order valence-corrected chi connectivity index (χ1v) is 13.6. The zero-order chi connectivity index (χ0) is 26.4. The first-order valence-electron chi connectivity index (χ1n) is 12.4. The standard InChI is InChI=1S/C27H30ClN3O5S/c1-3-36-17-10-8-16(9-11-17)29-23(33)20-21-25(35)31(14-15-32)22(27(21)13-12-26(20,2)37-27)24(34)30-19-7-5-4-6-18(19)28/h4-11,20-22,32H,3,12-15H2,1-2H3,(H,29,33)(H,30,34)/t20-,21-,22?,26+,27?/m0/s1. The number of benzene rings is 2. The van der Waals surface area contributed by atoms with Gasteiger partial charge in [0.05, 0.1) is 40.5 Å². The lowest BCUT2D eigenvalue weighted by Crippen LogP contribution is -2.52. The fourth-order valence-corrected chi connectivity index (χ4v) is 8.80. The fourth-order valence-electron chi connectivity index (χ4n) is 6.26. The highest BCUT2D eigenvalue weighted by atomic mass is 35.5. The number of anilines is 2. The van der Waals surface area contributed by atoms with Gasteiger partial charge in [0, 0.05) is 17.0 Å². The molecule has 5 rings (SSSR count). The molecule has 3 N–H and O–H groups in total. The van der Waals surface area contributed by atoms with E-state index in [-0.39, 0.29) is 30.9 Å². The number of aliphatic hydroxyl groups is 1. The lowest BCUT2D eigenvalue weighted by atomic mass is 9.66. The summed E-state index contributed by atoms with van der Waals surface area (Å²) in [5, 5.41) is 16.0. The SMILES string of the molecule is CCOc1ccc(NC(=O)[C@@H]2[C@H]3C(=O)N(CCO)C(C(=O)Nc4ccccc4Cl)C34CC[C@@]2(C)S4)cc1. The predicted molar refractivity (Wildman–Crippen MR) is 144 cm³/mol. The largest absolute Gasteiger partial charge is 0.494 e. The van der Waals surface area contributed by atoms with Gasteiger partial charge in [-0.25, -0.2) is 0 Å². The first-order chi connectivity index (χ1) is 17.7. The number of hydrogen-bond donors (Lipinski definition) is 3. The second-order valence-corrected chi connectivity index (χ2v) is 12.2.